The summed E-state index contributed by atoms with van der Waals surface area (Å²) in [6.45, 7) is 1.57. The lowest BCUT2D eigenvalue weighted by molar-refractivity contribution is -0.00587. The molecule has 0 saturated heterocycles. The van der Waals surface area contributed by atoms with Gasteiger partial charge < -0.3 is 20.1 Å². The molecule has 5 unspecified atom stereocenters. The van der Waals surface area contributed by atoms with E-state index in [0.717, 1.165) is 0 Å². The SMILES string of the molecule is COC(=O)c1ncn(C2C(C)C(CO)C(O)C2O)n1. The minimum atomic E-state index is -1.07. The Balaban J connectivity index is 2.26. The number of esters is 1. The summed E-state index contributed by atoms with van der Waals surface area (Å²) in [4.78, 5) is 15.1. The van der Waals surface area contributed by atoms with E-state index in [9.17, 15) is 20.1 Å². The first-order chi connectivity index (χ1) is 9.01. The molecule has 0 aromatic carbocycles. The first-order valence-corrected chi connectivity index (χ1v) is 5.97. The Hall–Kier alpha value is -1.51. The van der Waals surface area contributed by atoms with Gasteiger partial charge in [0, 0.05) is 12.5 Å². The topological polar surface area (TPSA) is 118 Å². The Morgan fingerprint density at radius 2 is 2.16 bits per heavy atom. The second-order valence-corrected chi connectivity index (χ2v) is 4.72. The van der Waals surface area contributed by atoms with Gasteiger partial charge in [-0.05, 0) is 5.92 Å². The minimum absolute atomic E-state index is 0.108. The van der Waals surface area contributed by atoms with E-state index in [2.05, 4.69) is 14.8 Å². The van der Waals surface area contributed by atoms with Crippen molar-refractivity contribution in [2.24, 2.45) is 11.8 Å². The zero-order valence-corrected chi connectivity index (χ0v) is 10.7. The summed E-state index contributed by atoms with van der Waals surface area (Å²) in [5, 5.41) is 33.1. The van der Waals surface area contributed by atoms with Crippen molar-refractivity contribution in [1.82, 2.24) is 14.8 Å². The third-order valence-corrected chi connectivity index (χ3v) is 3.75. The average Bonchev–Trinajstić information content (AvgIpc) is 2.94. The zero-order chi connectivity index (χ0) is 14.2. The summed E-state index contributed by atoms with van der Waals surface area (Å²) in [7, 11) is 1.22. The number of nitrogens with zero attached hydrogens (tertiary/aromatic N) is 3. The van der Waals surface area contributed by atoms with Crippen LogP contribution in [0.5, 0.6) is 0 Å². The third kappa shape index (κ3) is 2.22. The van der Waals surface area contributed by atoms with Crippen molar-refractivity contribution in [3.63, 3.8) is 0 Å². The number of ether oxygens (including phenoxy) is 1. The van der Waals surface area contributed by atoms with Gasteiger partial charge in [0.15, 0.2) is 0 Å². The molecule has 106 valence electrons. The van der Waals surface area contributed by atoms with E-state index in [1.165, 1.54) is 18.1 Å². The Bertz CT molecular complexity index is 463. The second kappa shape index (κ2) is 5.24. The first kappa shape index (κ1) is 13.9. The fourth-order valence-electron chi connectivity index (χ4n) is 2.61. The van der Waals surface area contributed by atoms with Gasteiger partial charge in [0.1, 0.15) is 12.4 Å². The number of hydrogen-bond acceptors (Lipinski definition) is 7. The summed E-state index contributed by atoms with van der Waals surface area (Å²) in [6, 6.07) is -0.543. The molecule has 1 fully saturated rings. The molecule has 0 spiro atoms. The number of hydrogen-bond donors (Lipinski definition) is 3. The lowest BCUT2D eigenvalue weighted by Gasteiger charge is -2.19. The van der Waals surface area contributed by atoms with Crippen molar-refractivity contribution >= 4 is 5.97 Å². The van der Waals surface area contributed by atoms with Crippen LogP contribution in [-0.2, 0) is 4.74 Å². The van der Waals surface area contributed by atoms with Crippen LogP contribution in [0.3, 0.4) is 0 Å². The van der Waals surface area contributed by atoms with Gasteiger partial charge >= 0.3 is 5.97 Å². The molecule has 0 amide bonds. The summed E-state index contributed by atoms with van der Waals surface area (Å²) >= 11 is 0. The number of aromatic nitrogens is 3. The molecular formula is C11H17N3O5. The van der Waals surface area contributed by atoms with Gasteiger partial charge in [0.2, 0.25) is 0 Å². The number of carbonyl (C=O) groups is 1. The maximum absolute atomic E-state index is 11.3. The molecule has 1 aliphatic carbocycles. The highest BCUT2D eigenvalue weighted by Crippen LogP contribution is 2.39. The molecule has 0 aliphatic heterocycles. The van der Waals surface area contributed by atoms with Crippen LogP contribution < -0.4 is 0 Å². The van der Waals surface area contributed by atoms with Crippen LogP contribution in [0.2, 0.25) is 0 Å². The molecule has 1 heterocycles. The number of carbonyl (C=O) groups excluding carboxylic acids is 1. The largest absolute Gasteiger partial charge is 0.463 e. The Kier molecular flexibility index (Phi) is 3.83. The molecule has 1 aliphatic rings. The lowest BCUT2D eigenvalue weighted by atomic mass is 9.96. The van der Waals surface area contributed by atoms with E-state index in [4.69, 9.17) is 0 Å². The van der Waals surface area contributed by atoms with Gasteiger partial charge in [0.25, 0.3) is 5.82 Å². The molecule has 1 aromatic heterocycles. The van der Waals surface area contributed by atoms with Gasteiger partial charge in [-0.2, -0.15) is 0 Å². The van der Waals surface area contributed by atoms with Crippen LogP contribution in [-0.4, -0.2) is 62.0 Å². The van der Waals surface area contributed by atoms with Crippen LogP contribution in [0, 0.1) is 11.8 Å². The molecule has 8 nitrogen and oxygen atoms in total. The smallest absolute Gasteiger partial charge is 0.377 e. The predicted molar refractivity (Wildman–Crippen MR) is 62.2 cm³/mol. The van der Waals surface area contributed by atoms with E-state index < -0.39 is 30.1 Å². The predicted octanol–water partition coefficient (Wildman–Crippen LogP) is -1.41. The fraction of sp³-hybridized carbons (Fsp3) is 0.727. The van der Waals surface area contributed by atoms with Crippen molar-refractivity contribution in [3.05, 3.63) is 12.2 Å². The molecule has 5 atom stereocenters. The molecule has 0 bridgehead atoms. The van der Waals surface area contributed by atoms with Crippen molar-refractivity contribution in [1.29, 1.82) is 0 Å². The summed E-state index contributed by atoms with van der Waals surface area (Å²) in [6.07, 6.45) is -0.793. The minimum Gasteiger partial charge on any atom is -0.463 e. The number of methoxy groups -OCH3 is 1. The highest BCUT2D eigenvalue weighted by Gasteiger charge is 2.48. The quantitative estimate of drug-likeness (QED) is 0.578. The average molecular weight is 271 g/mol. The van der Waals surface area contributed by atoms with E-state index in [1.54, 1.807) is 6.92 Å². The summed E-state index contributed by atoms with van der Waals surface area (Å²) in [5.41, 5.74) is 0. The summed E-state index contributed by atoms with van der Waals surface area (Å²) < 4.78 is 5.83. The van der Waals surface area contributed by atoms with Gasteiger partial charge in [-0.1, -0.05) is 6.92 Å². The van der Waals surface area contributed by atoms with E-state index >= 15 is 0 Å². The first-order valence-electron chi connectivity index (χ1n) is 5.97. The highest BCUT2D eigenvalue weighted by atomic mass is 16.5. The molecule has 3 N–H and O–H groups in total. The molecule has 0 radical (unpaired) electrons. The monoisotopic (exact) mass is 271 g/mol. The lowest BCUT2D eigenvalue weighted by Crippen LogP contribution is -2.30. The normalized spacial score (nSPS) is 34.5. The maximum atomic E-state index is 11.3. The van der Waals surface area contributed by atoms with Crippen LogP contribution in [0.25, 0.3) is 0 Å². The molecule has 19 heavy (non-hydrogen) atoms. The number of aliphatic hydroxyl groups is 3. The van der Waals surface area contributed by atoms with Crippen molar-refractivity contribution in [3.8, 4) is 0 Å². The van der Waals surface area contributed by atoms with E-state index in [-0.39, 0.29) is 18.3 Å². The van der Waals surface area contributed by atoms with Crippen molar-refractivity contribution in [2.45, 2.75) is 25.2 Å². The van der Waals surface area contributed by atoms with Gasteiger partial charge in [-0.15, -0.1) is 5.10 Å². The fourth-order valence-corrected chi connectivity index (χ4v) is 2.61. The Morgan fingerprint density at radius 1 is 1.47 bits per heavy atom. The molecule has 1 aromatic rings. The van der Waals surface area contributed by atoms with Crippen LogP contribution in [0.4, 0.5) is 0 Å². The highest BCUT2D eigenvalue weighted by molar-refractivity contribution is 5.84. The molecule has 1 saturated carbocycles. The molecule has 8 heteroatoms. The third-order valence-electron chi connectivity index (χ3n) is 3.75. The molecule has 2 rings (SSSR count). The zero-order valence-electron chi connectivity index (χ0n) is 10.7. The standard InChI is InChI=1S/C11H17N3O5/c1-5-6(3-15)8(16)9(17)7(5)14-4-12-10(13-14)11(18)19-2/h4-9,15-17H,3H2,1-2H3. The van der Waals surface area contributed by atoms with E-state index in [0.29, 0.717) is 0 Å². The second-order valence-electron chi connectivity index (χ2n) is 4.72. The number of rotatable bonds is 3. The number of aliphatic hydroxyl groups excluding tert-OH is 3. The van der Waals surface area contributed by atoms with Crippen molar-refractivity contribution in [2.75, 3.05) is 13.7 Å². The van der Waals surface area contributed by atoms with Crippen molar-refractivity contribution < 1.29 is 24.9 Å². The van der Waals surface area contributed by atoms with Gasteiger partial charge in [-0.3, -0.25) is 0 Å². The van der Waals surface area contributed by atoms with Crippen LogP contribution in [0.1, 0.15) is 23.6 Å². The Morgan fingerprint density at radius 3 is 2.68 bits per heavy atom. The molecular weight excluding hydrogens is 254 g/mol. The van der Waals surface area contributed by atoms with E-state index in [1.807, 2.05) is 0 Å². The van der Waals surface area contributed by atoms with Crippen LogP contribution in [0.15, 0.2) is 6.33 Å². The van der Waals surface area contributed by atoms with Gasteiger partial charge in [-0.25, -0.2) is 14.5 Å². The Labute approximate surface area is 109 Å². The van der Waals surface area contributed by atoms with Gasteiger partial charge in [0.05, 0.1) is 19.3 Å². The maximum Gasteiger partial charge on any atom is 0.377 e. The van der Waals surface area contributed by atoms with Crippen LogP contribution >= 0.6 is 0 Å². The summed E-state index contributed by atoms with van der Waals surface area (Å²) in [5.74, 6) is -1.42.